The number of amides is 2. The molecular weight excluding hydrogens is 372 g/mol. The van der Waals surface area contributed by atoms with Gasteiger partial charge in [-0.25, -0.2) is 0 Å². The maximum absolute atomic E-state index is 12.7. The van der Waals surface area contributed by atoms with Gasteiger partial charge in [0.05, 0.1) is 5.92 Å². The largest absolute Gasteiger partial charge is 0.381 e. The van der Waals surface area contributed by atoms with E-state index >= 15 is 0 Å². The summed E-state index contributed by atoms with van der Waals surface area (Å²) in [5.41, 5.74) is 2.06. The smallest absolute Gasteiger partial charge is 0.229 e. The highest BCUT2D eigenvalue weighted by Gasteiger charge is 2.38. The summed E-state index contributed by atoms with van der Waals surface area (Å²) in [5.74, 6) is 0.844. The quantitative estimate of drug-likeness (QED) is 0.786. The van der Waals surface area contributed by atoms with E-state index in [0.29, 0.717) is 24.3 Å². The fourth-order valence-corrected chi connectivity index (χ4v) is 5.65. The molecule has 1 unspecified atom stereocenters. The van der Waals surface area contributed by atoms with Crippen molar-refractivity contribution in [3.63, 3.8) is 0 Å². The van der Waals surface area contributed by atoms with Gasteiger partial charge in [-0.05, 0) is 43.4 Å². The number of rotatable bonds is 6. The molecule has 6 heteroatoms. The van der Waals surface area contributed by atoms with Crippen LogP contribution in [0.25, 0.3) is 0 Å². The fourth-order valence-electron chi connectivity index (χ4n) is 4.52. The van der Waals surface area contributed by atoms with E-state index in [0.717, 1.165) is 50.3 Å². The van der Waals surface area contributed by atoms with Crippen molar-refractivity contribution in [3.8, 4) is 0 Å². The lowest BCUT2D eigenvalue weighted by atomic mass is 10.1. The zero-order valence-corrected chi connectivity index (χ0v) is 17.2. The highest BCUT2D eigenvalue weighted by Crippen LogP contribution is 2.30. The number of carbonyl (C=O) groups excluding carboxylic acids is 2. The Morgan fingerprint density at radius 1 is 1.18 bits per heavy atom. The Morgan fingerprint density at radius 2 is 1.96 bits per heavy atom. The van der Waals surface area contributed by atoms with Gasteiger partial charge in [0.15, 0.2) is 0 Å². The van der Waals surface area contributed by atoms with Crippen LogP contribution in [-0.2, 0) is 20.1 Å². The molecule has 5 nitrogen and oxygen atoms in total. The van der Waals surface area contributed by atoms with Crippen molar-refractivity contribution in [1.29, 1.82) is 0 Å². The predicted octanol–water partition coefficient (Wildman–Crippen LogP) is 3.83. The topological polar surface area (TPSA) is 58.6 Å². The molecule has 2 saturated heterocycles. The van der Waals surface area contributed by atoms with Crippen molar-refractivity contribution in [2.75, 3.05) is 25.1 Å². The number of likely N-dealkylation sites (tertiary alicyclic amines) is 1. The number of nitrogens with one attached hydrogen (secondary N) is 1. The van der Waals surface area contributed by atoms with Crippen molar-refractivity contribution in [2.24, 2.45) is 5.92 Å². The summed E-state index contributed by atoms with van der Waals surface area (Å²) in [7, 11) is 0. The van der Waals surface area contributed by atoms with Gasteiger partial charge in [-0.1, -0.05) is 25.0 Å². The first kappa shape index (κ1) is 19.8. The lowest BCUT2D eigenvalue weighted by Gasteiger charge is -2.23. The first-order chi connectivity index (χ1) is 13.7. The van der Waals surface area contributed by atoms with E-state index in [2.05, 4.69) is 17.4 Å². The summed E-state index contributed by atoms with van der Waals surface area (Å²) < 4.78 is 5.42. The number of benzene rings is 1. The van der Waals surface area contributed by atoms with Crippen molar-refractivity contribution in [3.05, 3.63) is 29.8 Å². The molecule has 1 N–H and O–H groups in total. The zero-order valence-electron chi connectivity index (χ0n) is 16.4. The third-order valence-electron chi connectivity index (χ3n) is 6.14. The van der Waals surface area contributed by atoms with Crippen LogP contribution in [0.15, 0.2) is 24.3 Å². The highest BCUT2D eigenvalue weighted by molar-refractivity contribution is 7.99. The van der Waals surface area contributed by atoms with Gasteiger partial charge in [0.1, 0.15) is 0 Å². The average Bonchev–Trinajstić information content (AvgIpc) is 3.37. The van der Waals surface area contributed by atoms with E-state index in [1.54, 1.807) is 0 Å². The van der Waals surface area contributed by atoms with E-state index in [9.17, 15) is 9.59 Å². The second kappa shape index (κ2) is 9.31. The minimum absolute atomic E-state index is 0.0249. The molecule has 152 valence electrons. The van der Waals surface area contributed by atoms with Crippen LogP contribution in [-0.4, -0.2) is 47.8 Å². The van der Waals surface area contributed by atoms with Gasteiger partial charge < -0.3 is 15.0 Å². The minimum atomic E-state index is -0.228. The van der Waals surface area contributed by atoms with E-state index in [1.165, 1.54) is 18.4 Å². The molecule has 0 bridgehead atoms. The van der Waals surface area contributed by atoms with Gasteiger partial charge in [-0.3, -0.25) is 9.59 Å². The predicted molar refractivity (Wildman–Crippen MR) is 112 cm³/mol. The first-order valence-corrected chi connectivity index (χ1v) is 11.6. The number of hydrogen-bond acceptors (Lipinski definition) is 4. The molecule has 3 fully saturated rings. The summed E-state index contributed by atoms with van der Waals surface area (Å²) in [5, 5.41) is 3.71. The van der Waals surface area contributed by atoms with Gasteiger partial charge in [-0.15, -0.1) is 0 Å². The molecule has 0 aromatic heterocycles. The highest BCUT2D eigenvalue weighted by atomic mass is 32.2. The molecule has 28 heavy (non-hydrogen) atoms. The number of nitrogens with zero attached hydrogens (tertiary/aromatic N) is 1. The van der Waals surface area contributed by atoms with E-state index < -0.39 is 0 Å². The summed E-state index contributed by atoms with van der Waals surface area (Å²) in [4.78, 5) is 27.0. The second-order valence-electron chi connectivity index (χ2n) is 8.20. The van der Waals surface area contributed by atoms with Gasteiger partial charge in [0.25, 0.3) is 0 Å². The zero-order chi connectivity index (χ0) is 19.3. The third kappa shape index (κ3) is 4.90. The summed E-state index contributed by atoms with van der Waals surface area (Å²) in [6.45, 7) is 2.31. The Balaban J connectivity index is 1.30. The van der Waals surface area contributed by atoms with Crippen LogP contribution in [0.5, 0.6) is 0 Å². The molecule has 0 radical (unpaired) electrons. The van der Waals surface area contributed by atoms with Crippen LogP contribution < -0.4 is 5.32 Å². The Kier molecular flexibility index (Phi) is 6.58. The van der Waals surface area contributed by atoms with Gasteiger partial charge >= 0.3 is 0 Å². The van der Waals surface area contributed by atoms with Gasteiger partial charge in [-0.2, -0.15) is 11.8 Å². The number of ether oxygens (including phenoxy) is 1. The molecule has 2 aliphatic heterocycles. The van der Waals surface area contributed by atoms with E-state index in [4.69, 9.17) is 4.74 Å². The molecule has 2 heterocycles. The minimum Gasteiger partial charge on any atom is -0.381 e. The van der Waals surface area contributed by atoms with Crippen LogP contribution in [0.4, 0.5) is 5.69 Å². The van der Waals surface area contributed by atoms with Crippen LogP contribution >= 0.6 is 11.8 Å². The maximum Gasteiger partial charge on any atom is 0.229 e. The maximum atomic E-state index is 12.7. The van der Waals surface area contributed by atoms with Gasteiger partial charge in [0.2, 0.25) is 11.8 Å². The Labute approximate surface area is 171 Å². The van der Waals surface area contributed by atoms with Crippen LogP contribution in [0, 0.1) is 5.92 Å². The standard InChI is InChI=1S/C22H30N2O3S/c25-21-13-17(14-24(21)19-6-1-2-7-19)22(26)23-18-5-3-4-16(12-18)15-28-20-8-10-27-11-9-20/h3-5,12,17,19-20H,1-2,6-11,13-15H2,(H,23,26). The van der Waals surface area contributed by atoms with Crippen LogP contribution in [0.2, 0.25) is 0 Å². The number of hydrogen-bond donors (Lipinski definition) is 1. The molecule has 4 rings (SSSR count). The average molecular weight is 403 g/mol. The Bertz CT molecular complexity index is 699. The molecule has 1 aromatic carbocycles. The van der Waals surface area contributed by atoms with Crippen molar-refractivity contribution in [1.82, 2.24) is 4.90 Å². The fraction of sp³-hybridized carbons (Fsp3) is 0.636. The number of thioether (sulfide) groups is 1. The van der Waals surface area contributed by atoms with Crippen LogP contribution in [0.3, 0.4) is 0 Å². The normalized spacial score (nSPS) is 24.1. The number of anilines is 1. The molecule has 1 saturated carbocycles. The molecule has 3 aliphatic rings. The molecular formula is C22H30N2O3S. The Hall–Kier alpha value is -1.53. The third-order valence-corrected chi connectivity index (χ3v) is 7.59. The number of carbonyl (C=O) groups is 2. The second-order valence-corrected chi connectivity index (χ2v) is 9.49. The van der Waals surface area contributed by atoms with Gasteiger partial charge in [0, 0.05) is 48.9 Å². The monoisotopic (exact) mass is 402 g/mol. The van der Waals surface area contributed by atoms with E-state index in [-0.39, 0.29) is 17.7 Å². The lowest BCUT2D eigenvalue weighted by molar-refractivity contribution is -0.129. The lowest BCUT2D eigenvalue weighted by Crippen LogP contribution is -2.35. The van der Waals surface area contributed by atoms with E-state index in [1.807, 2.05) is 28.8 Å². The van der Waals surface area contributed by atoms with Crippen molar-refractivity contribution < 1.29 is 14.3 Å². The van der Waals surface area contributed by atoms with Crippen molar-refractivity contribution >= 4 is 29.3 Å². The molecule has 1 aliphatic carbocycles. The SMILES string of the molecule is O=C(Nc1cccc(CSC2CCOCC2)c1)C1CC(=O)N(C2CCCC2)C1. The summed E-state index contributed by atoms with van der Waals surface area (Å²) in [6, 6.07) is 8.47. The molecule has 1 atom stereocenters. The summed E-state index contributed by atoms with van der Waals surface area (Å²) >= 11 is 1.97. The molecule has 0 spiro atoms. The first-order valence-electron chi connectivity index (χ1n) is 10.6. The molecule has 1 aromatic rings. The van der Waals surface area contributed by atoms with Crippen LogP contribution in [0.1, 0.15) is 50.5 Å². The summed E-state index contributed by atoms with van der Waals surface area (Å²) in [6.07, 6.45) is 7.16. The van der Waals surface area contributed by atoms with Crippen molar-refractivity contribution in [2.45, 2.75) is 62.0 Å². The molecule has 2 amide bonds. The Morgan fingerprint density at radius 3 is 2.75 bits per heavy atom.